The van der Waals surface area contributed by atoms with E-state index in [2.05, 4.69) is 18.7 Å². The van der Waals surface area contributed by atoms with Gasteiger partial charge in [0.1, 0.15) is 5.76 Å². The fourth-order valence-corrected chi connectivity index (χ4v) is 2.24. The van der Waals surface area contributed by atoms with Crippen molar-refractivity contribution in [1.82, 2.24) is 4.90 Å². The maximum Gasteiger partial charge on any atom is 0.121 e. The maximum absolute atomic E-state index is 5.63. The van der Waals surface area contributed by atoms with Crippen molar-refractivity contribution in [3.8, 4) is 0 Å². The zero-order valence-electron chi connectivity index (χ0n) is 10.3. The standard InChI is InChI=1S/C13H22N2O/c1-13(2)4-6-15(7-5-13)10-11-3-8-16-12(11)9-14/h3,8H,4-7,9-10,14H2,1-2H3. The van der Waals surface area contributed by atoms with E-state index in [1.807, 2.05) is 6.07 Å². The van der Waals surface area contributed by atoms with Gasteiger partial charge < -0.3 is 10.2 Å². The van der Waals surface area contributed by atoms with Crippen LogP contribution in [0.3, 0.4) is 0 Å². The molecule has 0 aromatic carbocycles. The van der Waals surface area contributed by atoms with Crippen LogP contribution in [0, 0.1) is 5.41 Å². The van der Waals surface area contributed by atoms with Crippen LogP contribution < -0.4 is 5.73 Å². The van der Waals surface area contributed by atoms with Gasteiger partial charge in [0, 0.05) is 12.1 Å². The van der Waals surface area contributed by atoms with Gasteiger partial charge in [0.15, 0.2) is 0 Å². The monoisotopic (exact) mass is 222 g/mol. The van der Waals surface area contributed by atoms with Crippen molar-refractivity contribution in [3.63, 3.8) is 0 Å². The number of nitrogens with two attached hydrogens (primary N) is 1. The summed E-state index contributed by atoms with van der Waals surface area (Å²) < 4.78 is 5.34. The first-order valence-electron chi connectivity index (χ1n) is 6.08. The summed E-state index contributed by atoms with van der Waals surface area (Å²) in [6.07, 6.45) is 4.30. The molecule has 1 saturated heterocycles. The highest BCUT2D eigenvalue weighted by molar-refractivity contribution is 5.16. The Labute approximate surface area is 97.6 Å². The molecule has 90 valence electrons. The molecular weight excluding hydrogens is 200 g/mol. The highest BCUT2D eigenvalue weighted by atomic mass is 16.3. The maximum atomic E-state index is 5.63. The van der Waals surface area contributed by atoms with Crippen LogP contribution >= 0.6 is 0 Å². The lowest BCUT2D eigenvalue weighted by Crippen LogP contribution is -2.36. The lowest BCUT2D eigenvalue weighted by molar-refractivity contribution is 0.126. The molecule has 1 aromatic heterocycles. The van der Waals surface area contributed by atoms with E-state index in [1.165, 1.54) is 31.5 Å². The Hall–Kier alpha value is -0.800. The van der Waals surface area contributed by atoms with Crippen molar-refractivity contribution in [1.29, 1.82) is 0 Å². The van der Waals surface area contributed by atoms with Crippen molar-refractivity contribution in [2.75, 3.05) is 13.1 Å². The SMILES string of the molecule is CC1(C)CCN(Cc2ccoc2CN)CC1. The van der Waals surface area contributed by atoms with Crippen LogP contribution in [0.1, 0.15) is 38.0 Å². The summed E-state index contributed by atoms with van der Waals surface area (Å²) in [7, 11) is 0. The quantitative estimate of drug-likeness (QED) is 0.853. The third-order valence-corrected chi connectivity index (χ3v) is 3.63. The Morgan fingerprint density at radius 2 is 2.06 bits per heavy atom. The molecule has 3 nitrogen and oxygen atoms in total. The van der Waals surface area contributed by atoms with Gasteiger partial charge in [-0.1, -0.05) is 13.8 Å². The molecule has 0 spiro atoms. The molecule has 0 radical (unpaired) electrons. The van der Waals surface area contributed by atoms with Crippen LogP contribution in [-0.2, 0) is 13.1 Å². The van der Waals surface area contributed by atoms with Crippen LogP contribution in [0.25, 0.3) is 0 Å². The van der Waals surface area contributed by atoms with Gasteiger partial charge in [-0.25, -0.2) is 0 Å². The van der Waals surface area contributed by atoms with Crippen molar-refractivity contribution in [2.45, 2.75) is 39.8 Å². The molecular formula is C13H22N2O. The minimum Gasteiger partial charge on any atom is -0.468 e. The summed E-state index contributed by atoms with van der Waals surface area (Å²) in [5.41, 5.74) is 7.40. The molecule has 0 saturated carbocycles. The van der Waals surface area contributed by atoms with Crippen LogP contribution in [0.4, 0.5) is 0 Å². The number of hydrogen-bond donors (Lipinski definition) is 1. The fraction of sp³-hybridized carbons (Fsp3) is 0.692. The number of furan rings is 1. The van der Waals surface area contributed by atoms with Crippen molar-refractivity contribution >= 4 is 0 Å². The van der Waals surface area contributed by atoms with E-state index in [0.29, 0.717) is 12.0 Å². The zero-order valence-corrected chi connectivity index (χ0v) is 10.3. The van der Waals surface area contributed by atoms with Crippen molar-refractivity contribution in [3.05, 3.63) is 23.7 Å². The molecule has 0 bridgehead atoms. The average molecular weight is 222 g/mol. The first kappa shape index (κ1) is 11.7. The van der Waals surface area contributed by atoms with E-state index in [4.69, 9.17) is 10.2 Å². The molecule has 16 heavy (non-hydrogen) atoms. The molecule has 3 heteroatoms. The number of rotatable bonds is 3. The largest absolute Gasteiger partial charge is 0.468 e. The highest BCUT2D eigenvalue weighted by Crippen LogP contribution is 2.30. The Balaban J connectivity index is 1.92. The second-order valence-electron chi connectivity index (χ2n) is 5.51. The lowest BCUT2D eigenvalue weighted by atomic mass is 9.82. The number of likely N-dealkylation sites (tertiary alicyclic amines) is 1. The molecule has 0 aliphatic carbocycles. The topological polar surface area (TPSA) is 42.4 Å². The van der Waals surface area contributed by atoms with Gasteiger partial charge in [0.25, 0.3) is 0 Å². The molecule has 2 N–H and O–H groups in total. The van der Waals surface area contributed by atoms with Crippen molar-refractivity contribution < 1.29 is 4.42 Å². The summed E-state index contributed by atoms with van der Waals surface area (Å²) in [5.74, 6) is 0.935. The summed E-state index contributed by atoms with van der Waals surface area (Å²) >= 11 is 0. The second-order valence-corrected chi connectivity index (χ2v) is 5.51. The summed E-state index contributed by atoms with van der Waals surface area (Å²) in [6.45, 7) is 8.56. The van der Waals surface area contributed by atoms with Gasteiger partial charge in [-0.3, -0.25) is 4.90 Å². The molecule has 2 rings (SSSR count). The van der Waals surface area contributed by atoms with Gasteiger partial charge in [0.05, 0.1) is 12.8 Å². The fourth-order valence-electron chi connectivity index (χ4n) is 2.24. The minimum atomic E-state index is 0.502. The van der Waals surface area contributed by atoms with Crippen molar-refractivity contribution in [2.24, 2.45) is 11.1 Å². The zero-order chi connectivity index (χ0) is 11.6. The van der Waals surface area contributed by atoms with E-state index in [1.54, 1.807) is 6.26 Å². The summed E-state index contributed by atoms with van der Waals surface area (Å²) in [6, 6.07) is 2.04. The molecule has 1 fully saturated rings. The Bertz CT molecular complexity index is 333. The third kappa shape index (κ3) is 2.66. The normalized spacial score (nSPS) is 21.2. The van der Waals surface area contributed by atoms with E-state index >= 15 is 0 Å². The van der Waals surface area contributed by atoms with Crippen LogP contribution in [-0.4, -0.2) is 18.0 Å². The van der Waals surface area contributed by atoms with E-state index in [-0.39, 0.29) is 0 Å². The van der Waals surface area contributed by atoms with Gasteiger partial charge in [-0.05, 0) is 37.4 Å². The Kier molecular flexibility index (Phi) is 3.36. The third-order valence-electron chi connectivity index (χ3n) is 3.63. The van der Waals surface area contributed by atoms with E-state index in [0.717, 1.165) is 12.3 Å². The lowest BCUT2D eigenvalue weighted by Gasteiger charge is -2.36. The van der Waals surface area contributed by atoms with Gasteiger partial charge in [-0.2, -0.15) is 0 Å². The van der Waals surface area contributed by atoms with Gasteiger partial charge in [0.2, 0.25) is 0 Å². The van der Waals surface area contributed by atoms with E-state index in [9.17, 15) is 0 Å². The predicted octanol–water partition coefficient (Wildman–Crippen LogP) is 2.36. The first-order chi connectivity index (χ1) is 7.61. The molecule has 1 aliphatic heterocycles. The molecule has 0 unspecified atom stereocenters. The first-order valence-corrected chi connectivity index (χ1v) is 6.08. The number of piperidine rings is 1. The molecule has 0 amide bonds. The Morgan fingerprint density at radius 3 is 2.69 bits per heavy atom. The van der Waals surface area contributed by atoms with Crippen LogP contribution in [0.15, 0.2) is 16.7 Å². The number of hydrogen-bond acceptors (Lipinski definition) is 3. The van der Waals surface area contributed by atoms with Gasteiger partial charge >= 0.3 is 0 Å². The van der Waals surface area contributed by atoms with Crippen LogP contribution in [0.2, 0.25) is 0 Å². The molecule has 1 aromatic rings. The smallest absolute Gasteiger partial charge is 0.121 e. The summed E-state index contributed by atoms with van der Waals surface area (Å²) in [5, 5.41) is 0. The highest BCUT2D eigenvalue weighted by Gasteiger charge is 2.25. The second kappa shape index (κ2) is 4.60. The van der Waals surface area contributed by atoms with Crippen LogP contribution in [0.5, 0.6) is 0 Å². The van der Waals surface area contributed by atoms with E-state index < -0.39 is 0 Å². The Morgan fingerprint density at radius 1 is 1.38 bits per heavy atom. The van der Waals surface area contributed by atoms with Gasteiger partial charge in [-0.15, -0.1) is 0 Å². The minimum absolute atomic E-state index is 0.502. The molecule has 0 atom stereocenters. The molecule has 1 aliphatic rings. The summed E-state index contributed by atoms with van der Waals surface area (Å²) in [4.78, 5) is 2.50. The predicted molar refractivity (Wildman–Crippen MR) is 64.9 cm³/mol. The number of nitrogens with zero attached hydrogens (tertiary/aromatic N) is 1. The average Bonchev–Trinajstić information content (AvgIpc) is 2.68. The molecule has 2 heterocycles.